The lowest BCUT2D eigenvalue weighted by molar-refractivity contribution is -0.138. The molecule has 2 N–H and O–H groups in total. The van der Waals surface area contributed by atoms with Crippen LogP contribution >= 0.6 is 11.3 Å². The van der Waals surface area contributed by atoms with E-state index >= 15 is 0 Å². The quantitative estimate of drug-likeness (QED) is 0.411. The van der Waals surface area contributed by atoms with E-state index in [2.05, 4.69) is 4.98 Å². The Morgan fingerprint density at radius 2 is 1.61 bits per heavy atom. The second-order valence-electron chi connectivity index (χ2n) is 7.34. The molecule has 1 aromatic heterocycles. The maximum absolute atomic E-state index is 13.0. The Balaban J connectivity index is 1.55. The number of nitrogens with zero attached hydrogens (tertiary/aromatic N) is 2. The fraction of sp³-hybridized carbons (Fsp3) is 0.182. The van der Waals surface area contributed by atoms with Crippen molar-refractivity contribution in [3.63, 3.8) is 0 Å². The lowest BCUT2D eigenvalue weighted by Crippen LogP contribution is -2.26. The van der Waals surface area contributed by atoms with Gasteiger partial charge in [0.25, 0.3) is 0 Å². The van der Waals surface area contributed by atoms with E-state index in [9.17, 15) is 31.4 Å². The Morgan fingerprint density at radius 3 is 2.27 bits per heavy atom. The van der Waals surface area contributed by atoms with E-state index in [4.69, 9.17) is 5.41 Å². The first kappa shape index (κ1) is 22.8. The molecule has 0 fully saturated rings. The zero-order valence-electron chi connectivity index (χ0n) is 16.6. The number of hydrogen-bond donors (Lipinski definition) is 2. The highest BCUT2D eigenvalue weighted by molar-refractivity contribution is 7.11. The zero-order valence-corrected chi connectivity index (χ0v) is 17.4. The zero-order chi connectivity index (χ0) is 24.0. The van der Waals surface area contributed by atoms with Crippen molar-refractivity contribution >= 4 is 22.7 Å². The molecular formula is C22H15F6N3OS. The summed E-state index contributed by atoms with van der Waals surface area (Å²) in [5.74, 6) is -0.313. The molecule has 0 aliphatic carbocycles. The summed E-state index contributed by atoms with van der Waals surface area (Å²) in [5.41, 5.74) is -0.729. The minimum atomic E-state index is -4.51. The van der Waals surface area contributed by atoms with E-state index in [0.717, 1.165) is 35.6 Å². The lowest BCUT2D eigenvalue weighted by atomic mass is 10.1. The monoisotopic (exact) mass is 483 g/mol. The van der Waals surface area contributed by atoms with Gasteiger partial charge < -0.3 is 10.0 Å². The van der Waals surface area contributed by atoms with Crippen LogP contribution < -0.4 is 0 Å². The van der Waals surface area contributed by atoms with Crippen molar-refractivity contribution in [1.82, 2.24) is 9.88 Å². The summed E-state index contributed by atoms with van der Waals surface area (Å²) in [6, 6.07) is 9.35. The Hall–Kier alpha value is -3.34. The lowest BCUT2D eigenvalue weighted by Gasteiger charge is -2.19. The highest BCUT2D eigenvalue weighted by Gasteiger charge is 2.33. The number of alkyl halides is 6. The number of aromatic nitrogens is 1. The largest absolute Gasteiger partial charge is 0.510 e. The molecule has 4 rings (SSSR count). The number of aliphatic hydroxyl groups is 1. The summed E-state index contributed by atoms with van der Waals surface area (Å²) in [7, 11) is 0. The van der Waals surface area contributed by atoms with Crippen molar-refractivity contribution in [2.24, 2.45) is 0 Å². The second-order valence-corrected chi connectivity index (χ2v) is 8.20. The van der Waals surface area contributed by atoms with E-state index in [1.807, 2.05) is 0 Å². The first-order valence-electron chi connectivity index (χ1n) is 9.49. The van der Waals surface area contributed by atoms with Crippen molar-refractivity contribution in [2.45, 2.75) is 18.9 Å². The maximum Gasteiger partial charge on any atom is 0.416 e. The Morgan fingerprint density at radius 1 is 0.970 bits per heavy atom. The third kappa shape index (κ3) is 4.72. The van der Waals surface area contributed by atoms with Gasteiger partial charge in [-0.15, -0.1) is 11.3 Å². The molecule has 0 radical (unpaired) electrons. The molecule has 1 aliphatic heterocycles. The second kappa shape index (κ2) is 8.22. The molecule has 3 aromatic rings. The number of rotatable bonds is 4. The standard InChI is InChI=1S/C22H15F6N3OS/c23-21(24,25)14-5-1-3-12(7-14)9-31-10-17(32)18(19(31)29)20-30-16(11-33-20)13-4-2-6-15(8-13)22(26,27)28/h1-8,11,29,32H,9-10H2. The fourth-order valence-electron chi connectivity index (χ4n) is 3.44. The first-order chi connectivity index (χ1) is 15.4. The van der Waals surface area contributed by atoms with Crippen LogP contribution in [0.3, 0.4) is 0 Å². The predicted octanol–water partition coefficient (Wildman–Crippen LogP) is 6.61. The van der Waals surface area contributed by atoms with E-state index < -0.39 is 23.5 Å². The number of thiazole rings is 1. The number of halogens is 6. The minimum absolute atomic E-state index is 0.0395. The molecule has 0 atom stereocenters. The minimum Gasteiger partial charge on any atom is -0.510 e. The molecule has 2 heterocycles. The van der Waals surface area contributed by atoms with Crippen molar-refractivity contribution in [3.05, 3.63) is 81.4 Å². The predicted molar refractivity (Wildman–Crippen MR) is 112 cm³/mol. The van der Waals surface area contributed by atoms with Crippen LogP contribution in [0.5, 0.6) is 0 Å². The van der Waals surface area contributed by atoms with Gasteiger partial charge in [-0.2, -0.15) is 26.3 Å². The van der Waals surface area contributed by atoms with Gasteiger partial charge in [0.15, 0.2) is 0 Å². The van der Waals surface area contributed by atoms with Crippen LogP contribution in [0.25, 0.3) is 16.8 Å². The van der Waals surface area contributed by atoms with Gasteiger partial charge in [-0.3, -0.25) is 5.41 Å². The molecular weight excluding hydrogens is 468 g/mol. The molecule has 0 bridgehead atoms. The summed E-state index contributed by atoms with van der Waals surface area (Å²) in [4.78, 5) is 5.69. The van der Waals surface area contributed by atoms with Gasteiger partial charge >= 0.3 is 12.4 Å². The number of hydrogen-bond acceptors (Lipinski definition) is 4. The molecule has 0 unspecified atom stereocenters. The van der Waals surface area contributed by atoms with Crippen LogP contribution in [0, 0.1) is 5.41 Å². The number of nitrogens with one attached hydrogen (secondary N) is 1. The third-order valence-electron chi connectivity index (χ3n) is 5.01. The Labute approximate surface area is 187 Å². The number of amidine groups is 1. The summed E-state index contributed by atoms with van der Waals surface area (Å²) in [6.45, 7) is -0.134. The molecule has 0 saturated carbocycles. The normalized spacial score (nSPS) is 15.0. The molecule has 4 nitrogen and oxygen atoms in total. The van der Waals surface area contributed by atoms with E-state index in [0.29, 0.717) is 5.56 Å². The maximum atomic E-state index is 13.0. The summed E-state index contributed by atoms with van der Waals surface area (Å²) >= 11 is 1.05. The van der Waals surface area contributed by atoms with Gasteiger partial charge in [0.2, 0.25) is 0 Å². The van der Waals surface area contributed by atoms with Crippen LogP contribution in [-0.2, 0) is 18.9 Å². The van der Waals surface area contributed by atoms with E-state index in [-0.39, 0.29) is 46.5 Å². The van der Waals surface area contributed by atoms with Crippen LogP contribution in [0.2, 0.25) is 0 Å². The first-order valence-corrected chi connectivity index (χ1v) is 10.4. The number of aliphatic hydroxyl groups excluding tert-OH is 1. The Kier molecular flexibility index (Phi) is 5.69. The average Bonchev–Trinajstić information content (AvgIpc) is 3.32. The topological polar surface area (TPSA) is 60.2 Å². The van der Waals surface area contributed by atoms with Gasteiger partial charge in [0.1, 0.15) is 16.6 Å². The Bertz CT molecular complexity index is 1250. The molecule has 33 heavy (non-hydrogen) atoms. The molecule has 172 valence electrons. The smallest absolute Gasteiger partial charge is 0.416 e. The van der Waals surface area contributed by atoms with E-state index in [1.54, 1.807) is 0 Å². The molecule has 0 saturated heterocycles. The van der Waals surface area contributed by atoms with Crippen molar-refractivity contribution in [1.29, 1.82) is 5.41 Å². The molecule has 2 aromatic carbocycles. The summed E-state index contributed by atoms with van der Waals surface area (Å²) in [5, 5.41) is 20.6. The molecule has 0 amide bonds. The van der Waals surface area contributed by atoms with Crippen LogP contribution in [-0.4, -0.2) is 27.4 Å². The van der Waals surface area contributed by atoms with Gasteiger partial charge in [-0.05, 0) is 29.8 Å². The molecule has 0 spiro atoms. The van der Waals surface area contributed by atoms with Crippen LogP contribution in [0.15, 0.2) is 59.7 Å². The fourth-order valence-corrected chi connectivity index (χ4v) is 4.33. The van der Waals surface area contributed by atoms with Gasteiger partial charge in [0.05, 0.1) is 28.9 Å². The van der Waals surface area contributed by atoms with Crippen molar-refractivity contribution in [3.8, 4) is 11.3 Å². The molecule has 11 heteroatoms. The van der Waals surface area contributed by atoms with Gasteiger partial charge in [-0.1, -0.05) is 24.3 Å². The van der Waals surface area contributed by atoms with Crippen LogP contribution in [0.4, 0.5) is 26.3 Å². The molecule has 1 aliphatic rings. The third-order valence-corrected chi connectivity index (χ3v) is 5.87. The SMILES string of the molecule is N=C1C(c2nc(-c3cccc(C(F)(F)F)c3)cs2)=C(O)CN1Cc1cccc(C(F)(F)F)c1. The van der Waals surface area contributed by atoms with Crippen molar-refractivity contribution < 1.29 is 31.4 Å². The van der Waals surface area contributed by atoms with Gasteiger partial charge in [-0.25, -0.2) is 4.98 Å². The summed E-state index contributed by atoms with van der Waals surface area (Å²) in [6.07, 6.45) is -9.01. The average molecular weight is 483 g/mol. The van der Waals surface area contributed by atoms with Crippen LogP contribution in [0.1, 0.15) is 21.7 Å². The van der Waals surface area contributed by atoms with Gasteiger partial charge in [0, 0.05) is 17.5 Å². The highest BCUT2D eigenvalue weighted by atomic mass is 32.1. The number of benzene rings is 2. The summed E-state index contributed by atoms with van der Waals surface area (Å²) < 4.78 is 77.9. The van der Waals surface area contributed by atoms with E-state index in [1.165, 1.54) is 34.5 Å². The van der Waals surface area contributed by atoms with Crippen molar-refractivity contribution in [2.75, 3.05) is 6.54 Å². The highest BCUT2D eigenvalue weighted by Crippen LogP contribution is 2.36.